The van der Waals surface area contributed by atoms with E-state index in [1.165, 1.54) is 41.7 Å². The molecule has 4 amide bonds. The molecule has 1 saturated heterocycles. The molecule has 15 nitrogen and oxygen atoms in total. The zero-order valence-corrected chi connectivity index (χ0v) is 35.4. The number of carbonyl (C=O) groups excluding carboxylic acids is 5. The molecule has 1 aliphatic heterocycles. The zero-order chi connectivity index (χ0) is 43.0. The van der Waals surface area contributed by atoms with Gasteiger partial charge in [0.15, 0.2) is 0 Å². The van der Waals surface area contributed by atoms with E-state index >= 15 is 0 Å². The molecule has 17 heteroatoms. The monoisotopic (exact) mass is 845 g/mol. The normalized spacial score (nSPS) is 20.7. The summed E-state index contributed by atoms with van der Waals surface area (Å²) in [5, 5.41) is 8.15. The number of sulfonamides is 1. The first kappa shape index (κ1) is 42.9. The largest absolute Gasteiger partial charge is 0.496 e. The number of pyridine rings is 1. The van der Waals surface area contributed by atoms with Gasteiger partial charge >= 0.3 is 6.09 Å². The molecule has 3 aliphatic rings. The standard InChI is InChI=1S/C42H47N5O10S2/c1-9-23-12-15-26(23)33(37(50)46-59(53,54)25-13-14-25)44-36(49)29-21-24(22-47(29)39(51)35(41(2,3)4)45-40(52)57-42(5,6)7)56-38-28-16-17-30(55-8)32(27(28)18-19-43-38)34(48)31-11-10-20-58-31/h9-11,13,16-20,23-24,26,29,33,35H,1,14,21-22H2,2-8H3,(H,44,49)(H,45,52)(H,46,50)/t23?,24-,26?,29+,33-,35-/m1/s1. The molecule has 0 radical (unpaired) electrons. The second-order valence-corrected chi connectivity index (χ2v) is 19.2. The molecule has 1 fully saturated rings. The van der Waals surface area contributed by atoms with Gasteiger partial charge in [-0.1, -0.05) is 50.8 Å². The van der Waals surface area contributed by atoms with Gasteiger partial charge in [-0.25, -0.2) is 22.9 Å². The van der Waals surface area contributed by atoms with E-state index in [0.717, 1.165) is 0 Å². The highest BCUT2D eigenvalue weighted by Gasteiger charge is 2.48. The lowest BCUT2D eigenvalue weighted by Gasteiger charge is -2.36. The molecule has 59 heavy (non-hydrogen) atoms. The van der Waals surface area contributed by atoms with Crippen molar-refractivity contribution in [3.63, 3.8) is 0 Å². The fourth-order valence-electron chi connectivity index (χ4n) is 6.87. The van der Waals surface area contributed by atoms with Crippen LogP contribution in [0.3, 0.4) is 0 Å². The molecular weight excluding hydrogens is 799 g/mol. The Bertz CT molecular complexity index is 2400. The van der Waals surface area contributed by atoms with Crippen LogP contribution >= 0.6 is 11.3 Å². The fourth-order valence-corrected chi connectivity index (χ4v) is 8.59. The summed E-state index contributed by atoms with van der Waals surface area (Å²) >= 11 is 1.29. The number of amides is 4. The van der Waals surface area contributed by atoms with Crippen molar-refractivity contribution < 1.29 is 46.6 Å². The van der Waals surface area contributed by atoms with Gasteiger partial charge in [-0.15, -0.1) is 17.9 Å². The summed E-state index contributed by atoms with van der Waals surface area (Å²) < 4.78 is 45.1. The minimum atomic E-state index is -4.13. The second-order valence-electron chi connectivity index (χ2n) is 16.5. The molecule has 3 aromatic rings. The third kappa shape index (κ3) is 9.44. The lowest BCUT2D eigenvalue weighted by molar-refractivity contribution is -0.143. The number of ether oxygens (including phenoxy) is 3. The number of benzene rings is 1. The van der Waals surface area contributed by atoms with Gasteiger partial charge in [0.2, 0.25) is 23.5 Å². The number of alkyl carbamates (subject to hydrolysis) is 1. The highest BCUT2D eigenvalue weighted by molar-refractivity contribution is 7.94. The number of methoxy groups -OCH3 is 1. The Balaban J connectivity index is 1.34. The minimum Gasteiger partial charge on any atom is -0.496 e. The van der Waals surface area contributed by atoms with E-state index in [1.54, 1.807) is 77.3 Å². The van der Waals surface area contributed by atoms with Crippen molar-refractivity contribution in [2.75, 3.05) is 13.7 Å². The number of hydrogen-bond donors (Lipinski definition) is 3. The van der Waals surface area contributed by atoms with E-state index < -0.39 is 80.9 Å². The van der Waals surface area contributed by atoms with Crippen LogP contribution in [0, 0.1) is 29.1 Å². The van der Waals surface area contributed by atoms with Crippen molar-refractivity contribution in [3.8, 4) is 23.5 Å². The lowest BCUT2D eigenvalue weighted by Crippen LogP contribution is -2.60. The highest BCUT2D eigenvalue weighted by Crippen LogP contribution is 2.36. The molecule has 3 N–H and O–H groups in total. The Morgan fingerprint density at radius 3 is 2.34 bits per heavy atom. The number of thiophene rings is 1. The summed E-state index contributed by atoms with van der Waals surface area (Å²) in [5.41, 5.74) is -1.45. The average Bonchev–Trinajstić information content (AvgIpc) is 3.71. The molecular formula is C42H47N5O10S2. The molecule has 312 valence electrons. The molecule has 0 bridgehead atoms. The quantitative estimate of drug-likeness (QED) is 0.118. The van der Waals surface area contributed by atoms with E-state index in [1.807, 2.05) is 4.72 Å². The molecule has 0 saturated carbocycles. The molecule has 2 aliphatic carbocycles. The Hall–Kier alpha value is -5.73. The molecule has 6 atom stereocenters. The summed E-state index contributed by atoms with van der Waals surface area (Å²) in [4.78, 5) is 75.8. The third-order valence-electron chi connectivity index (χ3n) is 9.91. The number of allylic oxidation sites excluding steroid dienone is 3. The van der Waals surface area contributed by atoms with E-state index in [-0.39, 0.29) is 36.0 Å². The van der Waals surface area contributed by atoms with Crippen LogP contribution in [-0.2, 0) is 29.1 Å². The number of nitrogens with zero attached hydrogens (tertiary/aromatic N) is 2. The van der Waals surface area contributed by atoms with Crippen molar-refractivity contribution >= 4 is 61.7 Å². The number of carbonyl (C=O) groups is 5. The first-order valence-electron chi connectivity index (χ1n) is 18.9. The number of hydrogen-bond acceptors (Lipinski definition) is 12. The number of rotatable bonds is 14. The van der Waals surface area contributed by atoms with Gasteiger partial charge in [-0.05, 0) is 55.8 Å². The summed E-state index contributed by atoms with van der Waals surface area (Å²) in [5.74, 6) is 2.17. The number of aromatic nitrogens is 1. The Morgan fingerprint density at radius 1 is 1.03 bits per heavy atom. The van der Waals surface area contributed by atoms with Crippen LogP contribution in [0.1, 0.15) is 69.6 Å². The van der Waals surface area contributed by atoms with Gasteiger partial charge in [-0.2, -0.15) is 0 Å². The van der Waals surface area contributed by atoms with Crippen molar-refractivity contribution in [2.24, 2.45) is 17.3 Å². The summed E-state index contributed by atoms with van der Waals surface area (Å²) in [6.07, 6.45) is 2.82. The van der Waals surface area contributed by atoms with Crippen LogP contribution in [0.5, 0.6) is 11.6 Å². The van der Waals surface area contributed by atoms with Gasteiger partial charge in [0.05, 0.1) is 40.8 Å². The fraction of sp³-hybridized carbons (Fsp3) is 0.429. The maximum atomic E-state index is 14.7. The van der Waals surface area contributed by atoms with Gasteiger partial charge in [0.25, 0.3) is 15.9 Å². The topological polar surface area (TPSA) is 199 Å². The van der Waals surface area contributed by atoms with Crippen LogP contribution in [0.4, 0.5) is 4.79 Å². The number of nitrogens with one attached hydrogen (secondary N) is 3. The van der Waals surface area contributed by atoms with Crippen molar-refractivity contribution in [1.82, 2.24) is 25.2 Å². The van der Waals surface area contributed by atoms with Crippen molar-refractivity contribution in [3.05, 3.63) is 76.0 Å². The summed E-state index contributed by atoms with van der Waals surface area (Å²) in [7, 11) is -2.66. The minimum absolute atomic E-state index is 0.0534. The number of fused-ring (bicyclic) bond motifs is 1. The number of likely N-dealkylation sites (tertiary alicyclic amines) is 1. The van der Waals surface area contributed by atoms with E-state index in [2.05, 4.69) is 34.0 Å². The molecule has 2 unspecified atom stereocenters. The van der Waals surface area contributed by atoms with Gasteiger partial charge < -0.3 is 29.7 Å². The molecule has 1 aromatic carbocycles. The number of ketones is 1. The van der Waals surface area contributed by atoms with E-state index in [4.69, 9.17) is 14.2 Å². The summed E-state index contributed by atoms with van der Waals surface area (Å²) in [6, 6.07) is 4.59. The van der Waals surface area contributed by atoms with Crippen LogP contribution in [0.2, 0.25) is 0 Å². The first-order valence-corrected chi connectivity index (χ1v) is 21.3. The maximum absolute atomic E-state index is 14.7. The van der Waals surface area contributed by atoms with Gasteiger partial charge in [0, 0.05) is 29.8 Å². The Labute approximate surface area is 347 Å². The van der Waals surface area contributed by atoms with Crippen molar-refractivity contribution in [2.45, 2.75) is 84.2 Å². The predicted octanol–water partition coefficient (Wildman–Crippen LogP) is 4.48. The van der Waals surface area contributed by atoms with Crippen molar-refractivity contribution in [1.29, 1.82) is 0 Å². The summed E-state index contributed by atoms with van der Waals surface area (Å²) in [6.45, 7) is 13.9. The second kappa shape index (κ2) is 16.5. The molecule has 2 aromatic heterocycles. The first-order chi connectivity index (χ1) is 27.7. The zero-order valence-electron chi connectivity index (χ0n) is 33.8. The SMILES string of the molecule is C=CC1C#CC1[C@@H](NC(=O)[C@@H]1C[C@@H](Oc2nccc3c(C(=O)c4cccs4)c(OC)ccc23)CN1C(=O)[C@@H](NC(=O)OC(C)(C)C)C(C)(C)C)C(=O)NS(=O)(=O)C1=CC1. The molecule has 6 rings (SSSR count). The van der Waals surface area contributed by atoms with Crippen LogP contribution in [0.25, 0.3) is 10.8 Å². The van der Waals surface area contributed by atoms with Crippen LogP contribution < -0.4 is 24.8 Å². The highest BCUT2D eigenvalue weighted by atomic mass is 32.2. The Morgan fingerprint density at radius 2 is 1.76 bits per heavy atom. The molecule has 0 spiro atoms. The molecule has 3 heterocycles. The maximum Gasteiger partial charge on any atom is 0.408 e. The van der Waals surface area contributed by atoms with E-state index in [0.29, 0.717) is 27.0 Å². The van der Waals surface area contributed by atoms with Gasteiger partial charge in [-0.3, -0.25) is 19.2 Å². The van der Waals surface area contributed by atoms with E-state index in [9.17, 15) is 32.4 Å². The van der Waals surface area contributed by atoms with Gasteiger partial charge in [0.1, 0.15) is 35.6 Å². The lowest BCUT2D eigenvalue weighted by atomic mass is 9.79. The smallest absolute Gasteiger partial charge is 0.408 e. The third-order valence-corrected chi connectivity index (χ3v) is 12.3. The Kier molecular flexibility index (Phi) is 12.0. The van der Waals surface area contributed by atoms with Crippen LogP contribution in [0.15, 0.2) is 65.5 Å². The predicted molar refractivity (Wildman–Crippen MR) is 220 cm³/mol. The average molecular weight is 846 g/mol. The van der Waals surface area contributed by atoms with Crippen LogP contribution in [-0.4, -0.2) is 91.4 Å².